The Hall–Kier alpha value is -1.57. The van der Waals surface area contributed by atoms with E-state index in [1.165, 1.54) is 11.9 Å². The van der Waals surface area contributed by atoms with Crippen LogP contribution in [0, 0.1) is 11.3 Å². The van der Waals surface area contributed by atoms with E-state index < -0.39 is 0 Å². The number of fused-ring (bicyclic) bond motifs is 2. The minimum atomic E-state index is -0.0127. The van der Waals surface area contributed by atoms with Gasteiger partial charge >= 0.3 is 0 Å². The zero-order chi connectivity index (χ0) is 15.0. The second kappa shape index (κ2) is 5.57. The summed E-state index contributed by atoms with van der Waals surface area (Å²) in [4.78, 5) is 10.8. The van der Waals surface area contributed by atoms with Gasteiger partial charge in [-0.15, -0.1) is 0 Å². The van der Waals surface area contributed by atoms with E-state index in [1.807, 2.05) is 12.4 Å². The lowest BCUT2D eigenvalue weighted by Crippen LogP contribution is -2.34. The molecule has 4 heterocycles. The van der Waals surface area contributed by atoms with E-state index in [2.05, 4.69) is 20.0 Å². The smallest absolute Gasteiger partial charge is 0.252 e. The molecule has 0 aliphatic carbocycles. The number of hydrogen-bond donors (Lipinski definition) is 1. The molecule has 0 unspecified atom stereocenters. The summed E-state index contributed by atoms with van der Waals surface area (Å²) in [5.41, 5.74) is 1.17. The minimum absolute atomic E-state index is 0.0127. The average molecular weight is 303 g/mol. The SMILES string of the molecule is OC[C@@]12COC[C@@H]1CN(CCCc1cnc3ncnn3c1)C2. The van der Waals surface area contributed by atoms with Crippen molar-refractivity contribution < 1.29 is 9.84 Å². The van der Waals surface area contributed by atoms with Crippen molar-refractivity contribution >= 4 is 5.78 Å². The van der Waals surface area contributed by atoms with E-state index in [4.69, 9.17) is 4.74 Å². The Kier molecular flexibility index (Phi) is 3.56. The third kappa shape index (κ3) is 2.39. The number of hydrogen-bond acceptors (Lipinski definition) is 6. The molecule has 2 aromatic heterocycles. The second-order valence-corrected chi connectivity index (χ2v) is 6.54. The summed E-state index contributed by atoms with van der Waals surface area (Å²) in [6.07, 6.45) is 7.46. The molecule has 7 heteroatoms. The summed E-state index contributed by atoms with van der Waals surface area (Å²) in [5.74, 6) is 1.13. The summed E-state index contributed by atoms with van der Waals surface area (Å²) in [6, 6.07) is 0. The number of aliphatic hydroxyl groups is 1. The van der Waals surface area contributed by atoms with Gasteiger partial charge in [0.05, 0.1) is 19.8 Å². The van der Waals surface area contributed by atoms with Crippen LogP contribution in [-0.2, 0) is 11.2 Å². The monoisotopic (exact) mass is 303 g/mol. The highest BCUT2D eigenvalue weighted by molar-refractivity contribution is 5.25. The van der Waals surface area contributed by atoms with Gasteiger partial charge in [-0.25, -0.2) is 9.50 Å². The first kappa shape index (κ1) is 14.0. The van der Waals surface area contributed by atoms with E-state index in [9.17, 15) is 5.11 Å². The average Bonchev–Trinajstić information content (AvgIpc) is 3.19. The molecule has 2 aliphatic rings. The number of nitrogens with zero attached hydrogens (tertiary/aromatic N) is 5. The minimum Gasteiger partial charge on any atom is -0.396 e. The maximum Gasteiger partial charge on any atom is 0.252 e. The maximum atomic E-state index is 9.70. The highest BCUT2D eigenvalue weighted by Gasteiger charge is 2.49. The summed E-state index contributed by atoms with van der Waals surface area (Å²) < 4.78 is 7.27. The van der Waals surface area contributed by atoms with Gasteiger partial charge in [0.1, 0.15) is 6.33 Å². The van der Waals surface area contributed by atoms with Crippen LogP contribution in [0.4, 0.5) is 0 Å². The molecule has 0 bridgehead atoms. The molecular formula is C15H21N5O2. The largest absolute Gasteiger partial charge is 0.396 e. The third-order valence-electron chi connectivity index (χ3n) is 5.03. The second-order valence-electron chi connectivity index (χ2n) is 6.54. The first-order valence-corrected chi connectivity index (χ1v) is 7.84. The number of ether oxygens (including phenoxy) is 1. The molecule has 2 fully saturated rings. The van der Waals surface area contributed by atoms with Crippen LogP contribution in [0.3, 0.4) is 0 Å². The van der Waals surface area contributed by atoms with Crippen molar-refractivity contribution in [2.24, 2.45) is 11.3 Å². The van der Waals surface area contributed by atoms with Crippen LogP contribution in [0.5, 0.6) is 0 Å². The number of likely N-dealkylation sites (tertiary alicyclic amines) is 1. The summed E-state index contributed by atoms with van der Waals surface area (Å²) in [7, 11) is 0. The number of aromatic nitrogens is 4. The Morgan fingerprint density at radius 3 is 3.23 bits per heavy atom. The van der Waals surface area contributed by atoms with E-state index in [1.54, 1.807) is 4.52 Å². The molecular weight excluding hydrogens is 282 g/mol. The first-order valence-electron chi connectivity index (χ1n) is 7.84. The van der Waals surface area contributed by atoms with E-state index >= 15 is 0 Å². The summed E-state index contributed by atoms with van der Waals surface area (Å²) >= 11 is 0. The topological polar surface area (TPSA) is 75.8 Å². The quantitative estimate of drug-likeness (QED) is 0.838. The van der Waals surface area contributed by atoms with Gasteiger partial charge in [0.25, 0.3) is 5.78 Å². The van der Waals surface area contributed by atoms with Gasteiger partial charge in [0, 0.05) is 36.8 Å². The fraction of sp³-hybridized carbons (Fsp3) is 0.667. The van der Waals surface area contributed by atoms with Crippen LogP contribution in [0.15, 0.2) is 18.7 Å². The lowest BCUT2D eigenvalue weighted by Gasteiger charge is -2.24. The Bertz CT molecular complexity index is 660. The van der Waals surface area contributed by atoms with Gasteiger partial charge in [-0.05, 0) is 24.9 Å². The summed E-state index contributed by atoms with van der Waals surface area (Å²) in [5, 5.41) is 13.8. The van der Waals surface area contributed by atoms with Crippen molar-refractivity contribution in [2.75, 3.05) is 39.5 Å². The predicted molar refractivity (Wildman–Crippen MR) is 79.4 cm³/mol. The molecule has 4 rings (SSSR count). The summed E-state index contributed by atoms with van der Waals surface area (Å²) in [6.45, 7) is 4.78. The van der Waals surface area contributed by atoms with Crippen LogP contribution in [0.1, 0.15) is 12.0 Å². The van der Waals surface area contributed by atoms with Crippen LogP contribution >= 0.6 is 0 Å². The fourth-order valence-corrected chi connectivity index (χ4v) is 3.73. The zero-order valence-electron chi connectivity index (χ0n) is 12.6. The molecule has 0 saturated carbocycles. The van der Waals surface area contributed by atoms with Crippen molar-refractivity contribution in [2.45, 2.75) is 12.8 Å². The van der Waals surface area contributed by atoms with Crippen molar-refractivity contribution in [3.63, 3.8) is 0 Å². The van der Waals surface area contributed by atoms with Gasteiger partial charge in [-0.3, -0.25) is 0 Å². The normalized spacial score (nSPS) is 28.5. The van der Waals surface area contributed by atoms with Crippen LogP contribution in [0.25, 0.3) is 5.78 Å². The number of rotatable bonds is 5. The third-order valence-corrected chi connectivity index (χ3v) is 5.03. The molecule has 2 saturated heterocycles. The van der Waals surface area contributed by atoms with Crippen LogP contribution < -0.4 is 0 Å². The van der Waals surface area contributed by atoms with Gasteiger partial charge in [-0.1, -0.05) is 0 Å². The van der Waals surface area contributed by atoms with E-state index in [-0.39, 0.29) is 12.0 Å². The fourth-order valence-electron chi connectivity index (χ4n) is 3.73. The highest BCUT2D eigenvalue weighted by Crippen LogP contribution is 2.40. The van der Waals surface area contributed by atoms with Gasteiger partial charge < -0.3 is 14.7 Å². The Labute approximate surface area is 128 Å². The molecule has 118 valence electrons. The zero-order valence-corrected chi connectivity index (χ0v) is 12.6. The highest BCUT2D eigenvalue weighted by atomic mass is 16.5. The predicted octanol–water partition coefficient (Wildman–Crippen LogP) is -0.00240. The lowest BCUT2D eigenvalue weighted by atomic mass is 9.82. The van der Waals surface area contributed by atoms with Crippen molar-refractivity contribution in [3.8, 4) is 0 Å². The van der Waals surface area contributed by atoms with E-state index in [0.29, 0.717) is 18.3 Å². The van der Waals surface area contributed by atoms with Gasteiger partial charge in [0.2, 0.25) is 0 Å². The van der Waals surface area contributed by atoms with Gasteiger partial charge in [0.15, 0.2) is 0 Å². The molecule has 2 atom stereocenters. The molecule has 2 aromatic rings. The molecule has 2 aliphatic heterocycles. The van der Waals surface area contributed by atoms with Crippen molar-refractivity contribution in [1.29, 1.82) is 0 Å². The molecule has 1 N–H and O–H groups in total. The van der Waals surface area contributed by atoms with Crippen LogP contribution in [-0.4, -0.2) is 69.0 Å². The van der Waals surface area contributed by atoms with Crippen molar-refractivity contribution in [1.82, 2.24) is 24.5 Å². The van der Waals surface area contributed by atoms with E-state index in [0.717, 1.165) is 39.1 Å². The van der Waals surface area contributed by atoms with Gasteiger partial charge in [-0.2, -0.15) is 10.1 Å². The Balaban J connectivity index is 1.32. The maximum absolute atomic E-state index is 9.70. The number of aryl methyl sites for hydroxylation is 1. The molecule has 0 radical (unpaired) electrons. The van der Waals surface area contributed by atoms with Crippen molar-refractivity contribution in [3.05, 3.63) is 24.3 Å². The molecule has 7 nitrogen and oxygen atoms in total. The molecule has 0 aromatic carbocycles. The molecule has 22 heavy (non-hydrogen) atoms. The Morgan fingerprint density at radius 2 is 2.36 bits per heavy atom. The molecule has 0 spiro atoms. The molecule has 0 amide bonds. The lowest BCUT2D eigenvalue weighted by molar-refractivity contribution is 0.0813. The first-order chi connectivity index (χ1) is 10.8. The number of aliphatic hydroxyl groups excluding tert-OH is 1. The Morgan fingerprint density at radius 1 is 1.41 bits per heavy atom. The van der Waals surface area contributed by atoms with Crippen LogP contribution in [0.2, 0.25) is 0 Å². The standard InChI is InChI=1S/C15H21N5O2/c21-9-15-8-19(6-13(15)7-22-10-15)3-1-2-12-4-16-14-17-11-18-20(14)5-12/h4-5,11,13,21H,1-3,6-10H2/t13-,15-/m0/s1.